The maximum Gasteiger partial charge on any atom is 0.377 e. The Bertz CT molecular complexity index is 590. The highest BCUT2D eigenvalue weighted by molar-refractivity contribution is 5.83. The second kappa shape index (κ2) is 3.51. The highest BCUT2D eigenvalue weighted by atomic mass is 16.5. The number of carbonyl (C=O) groups is 1. The third-order valence-electron chi connectivity index (χ3n) is 1.97. The molecule has 0 saturated heterocycles. The SMILES string of the molecule is Cn1cc(C#N)cc1-c1nc(C(=O)O)no1. The fraction of sp³-hybridized carbons (Fsp3) is 0.111. The minimum absolute atomic E-state index is 0.0707. The summed E-state index contributed by atoms with van der Waals surface area (Å²) in [5, 5.41) is 20.6. The molecular formula is C9H6N4O3. The first kappa shape index (κ1) is 9.92. The minimum Gasteiger partial charge on any atom is -0.475 e. The number of hydrogen-bond acceptors (Lipinski definition) is 5. The van der Waals surface area contributed by atoms with Crippen molar-refractivity contribution in [2.45, 2.75) is 0 Å². The van der Waals surface area contributed by atoms with Gasteiger partial charge in [0.25, 0.3) is 11.7 Å². The molecule has 16 heavy (non-hydrogen) atoms. The summed E-state index contributed by atoms with van der Waals surface area (Å²) in [6.45, 7) is 0. The Balaban J connectivity index is 2.46. The summed E-state index contributed by atoms with van der Waals surface area (Å²) in [6.07, 6.45) is 1.58. The average molecular weight is 218 g/mol. The third-order valence-corrected chi connectivity index (χ3v) is 1.97. The zero-order chi connectivity index (χ0) is 11.7. The van der Waals surface area contributed by atoms with E-state index in [4.69, 9.17) is 14.9 Å². The van der Waals surface area contributed by atoms with Crippen molar-refractivity contribution in [3.8, 4) is 17.7 Å². The van der Waals surface area contributed by atoms with Crippen LogP contribution in [0.15, 0.2) is 16.8 Å². The Morgan fingerprint density at radius 1 is 1.69 bits per heavy atom. The van der Waals surface area contributed by atoms with Gasteiger partial charge in [-0.25, -0.2) is 4.79 Å². The molecule has 7 nitrogen and oxygen atoms in total. The van der Waals surface area contributed by atoms with Crippen LogP contribution in [0.25, 0.3) is 11.6 Å². The first-order valence-electron chi connectivity index (χ1n) is 4.25. The predicted molar refractivity (Wildman–Crippen MR) is 50.4 cm³/mol. The summed E-state index contributed by atoms with van der Waals surface area (Å²) in [5.74, 6) is -1.60. The van der Waals surface area contributed by atoms with Crippen LogP contribution in [-0.2, 0) is 7.05 Å². The number of carboxylic acid groups (broad SMARTS) is 1. The maximum absolute atomic E-state index is 10.5. The molecule has 0 spiro atoms. The number of aromatic carboxylic acids is 1. The second-order valence-corrected chi connectivity index (χ2v) is 3.07. The fourth-order valence-electron chi connectivity index (χ4n) is 1.25. The van der Waals surface area contributed by atoms with Gasteiger partial charge in [0.1, 0.15) is 11.8 Å². The number of nitrogens with zero attached hydrogens (tertiary/aromatic N) is 4. The highest BCUT2D eigenvalue weighted by Crippen LogP contribution is 2.19. The van der Waals surface area contributed by atoms with Crippen LogP contribution in [0, 0.1) is 11.3 Å². The van der Waals surface area contributed by atoms with Crippen LogP contribution in [0.1, 0.15) is 16.2 Å². The third kappa shape index (κ3) is 1.52. The smallest absolute Gasteiger partial charge is 0.377 e. The van der Waals surface area contributed by atoms with Gasteiger partial charge in [-0.15, -0.1) is 0 Å². The Morgan fingerprint density at radius 2 is 2.44 bits per heavy atom. The van der Waals surface area contributed by atoms with Crippen LogP contribution in [0.4, 0.5) is 0 Å². The molecule has 0 aliphatic rings. The van der Waals surface area contributed by atoms with Gasteiger partial charge in [-0.2, -0.15) is 10.2 Å². The molecule has 0 radical (unpaired) electrons. The van der Waals surface area contributed by atoms with Gasteiger partial charge in [-0.05, 0) is 11.2 Å². The number of aryl methyl sites for hydroxylation is 1. The molecule has 1 N–H and O–H groups in total. The summed E-state index contributed by atoms with van der Waals surface area (Å²) >= 11 is 0. The average Bonchev–Trinajstić information content (AvgIpc) is 2.83. The molecule has 0 amide bonds. The Hall–Kier alpha value is -2.62. The molecular weight excluding hydrogens is 212 g/mol. The van der Waals surface area contributed by atoms with Crippen LogP contribution in [0.5, 0.6) is 0 Å². The molecule has 2 heterocycles. The quantitative estimate of drug-likeness (QED) is 0.793. The van der Waals surface area contributed by atoms with Crippen LogP contribution in [0.3, 0.4) is 0 Å². The molecule has 0 aliphatic heterocycles. The monoisotopic (exact) mass is 218 g/mol. The van der Waals surface area contributed by atoms with E-state index in [-0.39, 0.29) is 5.89 Å². The Kier molecular flexibility index (Phi) is 2.17. The maximum atomic E-state index is 10.5. The van der Waals surface area contributed by atoms with E-state index < -0.39 is 11.8 Å². The summed E-state index contributed by atoms with van der Waals surface area (Å²) in [6, 6.07) is 3.50. The zero-order valence-corrected chi connectivity index (χ0v) is 8.21. The summed E-state index contributed by atoms with van der Waals surface area (Å²) in [4.78, 5) is 14.2. The van der Waals surface area contributed by atoms with Crippen LogP contribution in [-0.4, -0.2) is 25.8 Å². The van der Waals surface area contributed by atoms with Gasteiger partial charge in [0.2, 0.25) is 0 Å². The van der Waals surface area contributed by atoms with Gasteiger partial charge >= 0.3 is 5.97 Å². The molecule has 2 rings (SSSR count). The Morgan fingerprint density at radius 3 is 2.94 bits per heavy atom. The molecule has 0 unspecified atom stereocenters. The number of rotatable bonds is 2. The van der Waals surface area contributed by atoms with Crippen molar-refractivity contribution in [3.05, 3.63) is 23.7 Å². The van der Waals surface area contributed by atoms with E-state index in [9.17, 15) is 4.79 Å². The van der Waals surface area contributed by atoms with E-state index in [1.54, 1.807) is 23.9 Å². The summed E-state index contributed by atoms with van der Waals surface area (Å²) < 4.78 is 6.39. The molecule has 2 aromatic heterocycles. The lowest BCUT2D eigenvalue weighted by Crippen LogP contribution is -1.98. The second-order valence-electron chi connectivity index (χ2n) is 3.07. The van der Waals surface area contributed by atoms with Gasteiger partial charge in [-0.1, -0.05) is 0 Å². The van der Waals surface area contributed by atoms with Gasteiger partial charge < -0.3 is 14.2 Å². The van der Waals surface area contributed by atoms with Crippen LogP contribution in [0.2, 0.25) is 0 Å². The first-order chi connectivity index (χ1) is 7.61. The zero-order valence-electron chi connectivity index (χ0n) is 8.21. The summed E-state index contributed by atoms with van der Waals surface area (Å²) in [5.41, 5.74) is 0.934. The van der Waals surface area contributed by atoms with Gasteiger partial charge in [0, 0.05) is 13.2 Å². The van der Waals surface area contributed by atoms with Crippen molar-refractivity contribution in [2.24, 2.45) is 7.05 Å². The van der Waals surface area contributed by atoms with Crippen molar-refractivity contribution in [1.82, 2.24) is 14.7 Å². The number of carboxylic acids is 1. The van der Waals surface area contributed by atoms with E-state index in [0.717, 1.165) is 0 Å². The van der Waals surface area contributed by atoms with Crippen molar-refractivity contribution in [2.75, 3.05) is 0 Å². The van der Waals surface area contributed by atoms with E-state index >= 15 is 0 Å². The van der Waals surface area contributed by atoms with E-state index in [0.29, 0.717) is 11.3 Å². The molecule has 0 fully saturated rings. The van der Waals surface area contributed by atoms with Crippen LogP contribution >= 0.6 is 0 Å². The largest absolute Gasteiger partial charge is 0.475 e. The van der Waals surface area contributed by atoms with Gasteiger partial charge in [0.05, 0.1) is 5.56 Å². The molecule has 0 aliphatic carbocycles. The minimum atomic E-state index is -1.26. The lowest BCUT2D eigenvalue weighted by molar-refractivity contribution is 0.0680. The normalized spacial score (nSPS) is 10.0. The van der Waals surface area contributed by atoms with Crippen LogP contribution < -0.4 is 0 Å². The number of hydrogen-bond donors (Lipinski definition) is 1. The molecule has 0 saturated carbocycles. The van der Waals surface area contributed by atoms with E-state index in [1.165, 1.54) is 0 Å². The van der Waals surface area contributed by atoms with Crippen molar-refractivity contribution in [1.29, 1.82) is 5.26 Å². The molecule has 2 aromatic rings. The lowest BCUT2D eigenvalue weighted by atomic mass is 10.3. The van der Waals surface area contributed by atoms with Crippen molar-refractivity contribution < 1.29 is 14.4 Å². The molecule has 0 bridgehead atoms. The van der Waals surface area contributed by atoms with Gasteiger partial charge in [0.15, 0.2) is 0 Å². The van der Waals surface area contributed by atoms with Crippen molar-refractivity contribution >= 4 is 5.97 Å². The predicted octanol–water partition coefficient (Wildman–Crippen LogP) is 0.645. The highest BCUT2D eigenvalue weighted by Gasteiger charge is 2.16. The summed E-state index contributed by atoms with van der Waals surface area (Å²) in [7, 11) is 1.70. The molecule has 7 heteroatoms. The first-order valence-corrected chi connectivity index (χ1v) is 4.25. The fourth-order valence-corrected chi connectivity index (χ4v) is 1.25. The number of aromatic nitrogens is 3. The molecule has 0 atom stereocenters. The Labute approximate surface area is 89.5 Å². The van der Waals surface area contributed by atoms with Crippen molar-refractivity contribution in [3.63, 3.8) is 0 Å². The lowest BCUT2D eigenvalue weighted by Gasteiger charge is -1.94. The molecule has 80 valence electrons. The topological polar surface area (TPSA) is 105 Å². The van der Waals surface area contributed by atoms with E-state index in [1.807, 2.05) is 6.07 Å². The standard InChI is InChI=1S/C9H6N4O3/c1-13-4-5(3-10)2-6(13)8-11-7(9(14)15)12-16-8/h2,4H,1H3,(H,14,15). The van der Waals surface area contributed by atoms with E-state index in [2.05, 4.69) is 10.1 Å². The number of nitriles is 1. The van der Waals surface area contributed by atoms with Gasteiger partial charge in [-0.3, -0.25) is 0 Å². The molecule has 0 aromatic carbocycles.